The van der Waals surface area contributed by atoms with Crippen LogP contribution < -0.4 is 5.32 Å². The zero-order valence-corrected chi connectivity index (χ0v) is 12.9. The molecule has 0 aliphatic carbocycles. The summed E-state index contributed by atoms with van der Waals surface area (Å²) in [5.74, 6) is 0.521. The Morgan fingerprint density at radius 1 is 1.25 bits per heavy atom. The van der Waals surface area contributed by atoms with Gasteiger partial charge >= 0.3 is 0 Å². The minimum atomic E-state index is 0.386. The fourth-order valence-electron chi connectivity index (χ4n) is 2.83. The maximum atomic E-state index is 4.44. The average molecular weight is 271 g/mol. The van der Waals surface area contributed by atoms with Crippen molar-refractivity contribution in [2.75, 3.05) is 6.54 Å². The van der Waals surface area contributed by atoms with E-state index in [9.17, 15) is 0 Å². The van der Waals surface area contributed by atoms with Gasteiger partial charge in [0.2, 0.25) is 0 Å². The number of aryl methyl sites for hydroxylation is 2. The lowest BCUT2D eigenvalue weighted by Crippen LogP contribution is -2.28. The van der Waals surface area contributed by atoms with Crippen LogP contribution in [0.2, 0.25) is 0 Å². The average Bonchev–Trinajstić information content (AvgIpc) is 2.75. The summed E-state index contributed by atoms with van der Waals surface area (Å²) in [5.41, 5.74) is 3.75. The first-order chi connectivity index (χ1) is 9.61. The molecule has 1 aromatic heterocycles. The molecule has 1 aromatic carbocycles. The van der Waals surface area contributed by atoms with Gasteiger partial charge in [-0.15, -0.1) is 0 Å². The highest BCUT2D eigenvalue weighted by molar-refractivity contribution is 5.20. The van der Waals surface area contributed by atoms with E-state index in [0.717, 1.165) is 18.7 Å². The molecule has 1 N–H and O–H groups in total. The molecule has 0 saturated carbocycles. The molecular weight excluding hydrogens is 246 g/mol. The monoisotopic (exact) mass is 271 g/mol. The second-order valence-corrected chi connectivity index (χ2v) is 5.53. The molecule has 0 saturated heterocycles. The number of hydrogen-bond donors (Lipinski definition) is 1. The number of rotatable bonds is 6. The van der Waals surface area contributed by atoms with Crippen molar-refractivity contribution in [3.05, 3.63) is 53.3 Å². The summed E-state index contributed by atoms with van der Waals surface area (Å²) in [6.07, 6.45) is 1.03. The maximum Gasteiger partial charge on any atom is 0.0596 e. The fourth-order valence-corrected chi connectivity index (χ4v) is 2.83. The molecule has 1 heterocycles. The number of nitrogens with zero attached hydrogens (tertiary/aromatic N) is 2. The molecule has 0 radical (unpaired) electrons. The summed E-state index contributed by atoms with van der Waals surface area (Å²) < 4.78 is 2.00. The van der Waals surface area contributed by atoms with Crippen LogP contribution in [0.3, 0.4) is 0 Å². The molecule has 3 heteroatoms. The van der Waals surface area contributed by atoms with Crippen molar-refractivity contribution < 1.29 is 0 Å². The van der Waals surface area contributed by atoms with Crippen molar-refractivity contribution in [3.63, 3.8) is 0 Å². The van der Waals surface area contributed by atoms with Crippen molar-refractivity contribution in [3.8, 4) is 0 Å². The molecule has 108 valence electrons. The lowest BCUT2D eigenvalue weighted by molar-refractivity contribution is 0.384. The minimum Gasteiger partial charge on any atom is -0.310 e. The molecule has 0 aliphatic heterocycles. The maximum absolute atomic E-state index is 4.44. The van der Waals surface area contributed by atoms with E-state index < -0.39 is 0 Å². The molecule has 0 spiro atoms. The molecule has 2 aromatic rings. The minimum absolute atomic E-state index is 0.386. The first-order valence-corrected chi connectivity index (χ1v) is 7.39. The van der Waals surface area contributed by atoms with Gasteiger partial charge in [-0.3, -0.25) is 4.68 Å². The van der Waals surface area contributed by atoms with Crippen molar-refractivity contribution >= 4 is 0 Å². The van der Waals surface area contributed by atoms with Gasteiger partial charge in [-0.2, -0.15) is 5.10 Å². The van der Waals surface area contributed by atoms with Crippen LogP contribution in [0.5, 0.6) is 0 Å². The van der Waals surface area contributed by atoms with Gasteiger partial charge in [0.15, 0.2) is 0 Å². The van der Waals surface area contributed by atoms with Crippen LogP contribution in [-0.2, 0) is 13.5 Å². The highest BCUT2D eigenvalue weighted by Gasteiger charge is 2.19. The third-order valence-electron chi connectivity index (χ3n) is 3.78. The van der Waals surface area contributed by atoms with E-state index in [4.69, 9.17) is 0 Å². The number of nitrogens with one attached hydrogen (secondary N) is 1. The molecule has 20 heavy (non-hydrogen) atoms. The zero-order valence-electron chi connectivity index (χ0n) is 12.9. The molecule has 0 amide bonds. The molecule has 2 rings (SSSR count). The van der Waals surface area contributed by atoms with Crippen molar-refractivity contribution in [1.29, 1.82) is 0 Å². The molecular formula is C17H25N3. The summed E-state index contributed by atoms with van der Waals surface area (Å²) in [7, 11) is 2.03. The summed E-state index contributed by atoms with van der Waals surface area (Å²) >= 11 is 0. The third kappa shape index (κ3) is 3.48. The van der Waals surface area contributed by atoms with Gasteiger partial charge in [-0.25, -0.2) is 0 Å². The Morgan fingerprint density at radius 2 is 1.95 bits per heavy atom. The van der Waals surface area contributed by atoms with Gasteiger partial charge in [0.05, 0.1) is 5.69 Å². The van der Waals surface area contributed by atoms with Crippen LogP contribution in [0.4, 0.5) is 0 Å². The van der Waals surface area contributed by atoms with Crippen LogP contribution in [0.15, 0.2) is 36.4 Å². The second-order valence-electron chi connectivity index (χ2n) is 5.53. The summed E-state index contributed by atoms with van der Waals surface area (Å²) in [5, 5.41) is 8.05. The van der Waals surface area contributed by atoms with E-state index in [1.165, 1.54) is 11.3 Å². The smallest absolute Gasteiger partial charge is 0.0596 e. The lowest BCUT2D eigenvalue weighted by atomic mass is 9.90. The Bertz CT molecular complexity index is 530. The highest BCUT2D eigenvalue weighted by Crippen LogP contribution is 2.25. The van der Waals surface area contributed by atoms with Crippen LogP contribution in [0.25, 0.3) is 0 Å². The number of hydrogen-bond acceptors (Lipinski definition) is 2. The van der Waals surface area contributed by atoms with Gasteiger partial charge in [0, 0.05) is 18.8 Å². The Hall–Kier alpha value is -1.61. The Labute approximate surface area is 122 Å². The molecule has 2 unspecified atom stereocenters. The quantitative estimate of drug-likeness (QED) is 0.874. The van der Waals surface area contributed by atoms with Crippen LogP contribution in [-0.4, -0.2) is 16.3 Å². The first-order valence-electron chi connectivity index (χ1n) is 7.39. The normalized spacial score (nSPS) is 14.2. The molecule has 3 nitrogen and oxygen atoms in total. The fraction of sp³-hybridized carbons (Fsp3) is 0.471. The van der Waals surface area contributed by atoms with Crippen molar-refractivity contribution in [2.24, 2.45) is 13.0 Å². The van der Waals surface area contributed by atoms with Gasteiger partial charge in [0.1, 0.15) is 0 Å². The molecule has 0 bridgehead atoms. The summed E-state index contributed by atoms with van der Waals surface area (Å²) in [6, 6.07) is 13.3. The van der Waals surface area contributed by atoms with E-state index in [1.54, 1.807) is 0 Å². The molecule has 0 fully saturated rings. The molecule has 0 aliphatic rings. The second kappa shape index (κ2) is 6.71. The first kappa shape index (κ1) is 14.8. The third-order valence-corrected chi connectivity index (χ3v) is 3.78. The van der Waals surface area contributed by atoms with E-state index in [2.05, 4.69) is 60.7 Å². The Morgan fingerprint density at radius 3 is 2.50 bits per heavy atom. The van der Waals surface area contributed by atoms with E-state index in [0.29, 0.717) is 12.0 Å². The lowest BCUT2D eigenvalue weighted by Gasteiger charge is -2.25. The van der Waals surface area contributed by atoms with Crippen LogP contribution in [0.1, 0.15) is 36.8 Å². The topological polar surface area (TPSA) is 29.9 Å². The van der Waals surface area contributed by atoms with E-state index >= 15 is 0 Å². The predicted molar refractivity (Wildman–Crippen MR) is 83.7 cm³/mol. The van der Waals surface area contributed by atoms with Gasteiger partial charge in [0.25, 0.3) is 0 Å². The van der Waals surface area contributed by atoms with Gasteiger partial charge in [-0.05, 0) is 37.4 Å². The van der Waals surface area contributed by atoms with E-state index in [-0.39, 0.29) is 0 Å². The SMILES string of the molecule is CCNC(c1ccccc1)C(C)Cc1cc(C)nn1C. The van der Waals surface area contributed by atoms with Crippen LogP contribution >= 0.6 is 0 Å². The highest BCUT2D eigenvalue weighted by atomic mass is 15.3. The zero-order chi connectivity index (χ0) is 14.5. The number of aromatic nitrogens is 2. The standard InChI is InChI=1S/C17H25N3/c1-5-18-17(15-9-7-6-8-10-15)13(2)11-16-12-14(3)19-20(16)4/h6-10,12-13,17-18H,5,11H2,1-4H3. The van der Waals surface area contributed by atoms with E-state index in [1.807, 2.05) is 18.7 Å². The van der Waals surface area contributed by atoms with Crippen LogP contribution in [0, 0.1) is 12.8 Å². The number of benzene rings is 1. The summed E-state index contributed by atoms with van der Waals surface area (Å²) in [6.45, 7) is 7.50. The summed E-state index contributed by atoms with van der Waals surface area (Å²) in [4.78, 5) is 0. The molecule has 2 atom stereocenters. The Kier molecular flexibility index (Phi) is 4.96. The van der Waals surface area contributed by atoms with Crippen molar-refractivity contribution in [1.82, 2.24) is 15.1 Å². The predicted octanol–water partition coefficient (Wildman–Crippen LogP) is 3.26. The van der Waals surface area contributed by atoms with Gasteiger partial charge in [-0.1, -0.05) is 44.2 Å². The van der Waals surface area contributed by atoms with Crippen molar-refractivity contribution in [2.45, 2.75) is 33.2 Å². The largest absolute Gasteiger partial charge is 0.310 e. The van der Waals surface area contributed by atoms with Gasteiger partial charge < -0.3 is 5.32 Å². The Balaban J connectivity index is 2.15.